The average molecular weight is 623 g/mol. The van der Waals surface area contributed by atoms with E-state index in [0.29, 0.717) is 35.8 Å². The Morgan fingerprint density at radius 2 is 1.81 bits per heavy atom. The lowest BCUT2D eigenvalue weighted by atomic mass is 10.0. The lowest BCUT2D eigenvalue weighted by Gasteiger charge is -2.34. The van der Waals surface area contributed by atoms with Crippen molar-refractivity contribution in [3.05, 3.63) is 94.5 Å². The van der Waals surface area contributed by atoms with Gasteiger partial charge < -0.3 is 20.6 Å². The first-order valence-electron chi connectivity index (χ1n) is 13.8. The predicted molar refractivity (Wildman–Crippen MR) is 166 cm³/mol. The highest BCUT2D eigenvalue weighted by molar-refractivity contribution is 7.89. The number of carbonyl (C=O) groups excluding carboxylic acids is 1. The van der Waals surface area contributed by atoms with E-state index in [2.05, 4.69) is 14.8 Å². The van der Waals surface area contributed by atoms with Gasteiger partial charge in [0.2, 0.25) is 10.0 Å². The van der Waals surface area contributed by atoms with Crippen molar-refractivity contribution in [3.8, 4) is 0 Å². The fourth-order valence-electron chi connectivity index (χ4n) is 5.00. The van der Waals surface area contributed by atoms with Gasteiger partial charge in [-0.2, -0.15) is 0 Å². The van der Waals surface area contributed by atoms with Gasteiger partial charge in [0, 0.05) is 51.0 Å². The molecule has 11 nitrogen and oxygen atoms in total. The van der Waals surface area contributed by atoms with Crippen molar-refractivity contribution in [1.82, 2.24) is 19.5 Å². The zero-order chi connectivity index (χ0) is 30.4. The molecule has 2 heterocycles. The Hall–Kier alpha value is -3.88. The summed E-state index contributed by atoms with van der Waals surface area (Å²) in [5.41, 5.74) is 8.16. The number of sulfonamides is 1. The van der Waals surface area contributed by atoms with Gasteiger partial charge in [-0.05, 0) is 48.4 Å². The molecular weight excluding hydrogens is 589 g/mol. The first kappa shape index (κ1) is 30.6. The minimum atomic E-state index is -4.07. The van der Waals surface area contributed by atoms with E-state index in [1.807, 2.05) is 30.3 Å². The third-order valence-electron chi connectivity index (χ3n) is 7.34. The van der Waals surface area contributed by atoms with Crippen LogP contribution in [0.4, 0.5) is 0 Å². The second-order valence-electron chi connectivity index (χ2n) is 10.2. The van der Waals surface area contributed by atoms with Gasteiger partial charge in [-0.1, -0.05) is 41.6 Å². The van der Waals surface area contributed by atoms with Crippen LogP contribution < -0.4 is 10.5 Å². The molecule has 13 heteroatoms. The van der Waals surface area contributed by atoms with Crippen LogP contribution in [0.25, 0.3) is 10.2 Å². The van der Waals surface area contributed by atoms with E-state index in [1.165, 1.54) is 23.5 Å². The number of nitrogens with zero attached hydrogens (tertiary/aromatic N) is 4. The summed E-state index contributed by atoms with van der Waals surface area (Å²) in [6, 6.07) is 20.1. The van der Waals surface area contributed by atoms with Crippen LogP contribution >= 0.6 is 11.3 Å². The fraction of sp³-hybridized carbons (Fsp3) is 0.300. The fourth-order valence-corrected chi connectivity index (χ4v) is 7.34. The van der Waals surface area contributed by atoms with E-state index in [-0.39, 0.29) is 23.1 Å². The maximum Gasteiger partial charge on any atom is 0.253 e. The molecule has 0 saturated carbocycles. The number of ether oxygens (including phenoxy) is 1. The second kappa shape index (κ2) is 13.6. The highest BCUT2D eigenvalue weighted by Crippen LogP contribution is 2.30. The van der Waals surface area contributed by atoms with Gasteiger partial charge in [-0.25, -0.2) is 18.1 Å². The Bertz CT molecular complexity index is 1680. The number of fused-ring (bicyclic) bond motifs is 1. The van der Waals surface area contributed by atoms with Gasteiger partial charge in [0.15, 0.2) is 5.84 Å². The smallest absolute Gasteiger partial charge is 0.253 e. The van der Waals surface area contributed by atoms with E-state index in [0.717, 1.165) is 35.4 Å². The molecule has 4 N–H and O–H groups in total. The molecule has 1 aliphatic heterocycles. The largest absolute Gasteiger partial charge is 0.409 e. The van der Waals surface area contributed by atoms with Crippen molar-refractivity contribution >= 4 is 43.3 Å². The zero-order valence-corrected chi connectivity index (χ0v) is 25.4. The van der Waals surface area contributed by atoms with Crippen LogP contribution in [0.15, 0.2) is 82.8 Å². The number of rotatable bonds is 11. The first-order chi connectivity index (χ1) is 20.8. The highest BCUT2D eigenvalue weighted by Gasteiger charge is 2.27. The Morgan fingerprint density at radius 1 is 1.07 bits per heavy atom. The molecule has 226 valence electrons. The number of thiazole rings is 1. The van der Waals surface area contributed by atoms with Crippen molar-refractivity contribution in [2.24, 2.45) is 10.9 Å². The van der Waals surface area contributed by atoms with Gasteiger partial charge in [0.25, 0.3) is 5.91 Å². The Kier molecular flexibility index (Phi) is 9.68. The standard InChI is InChI=1S/C30H34N6O5S2/c1-41-17-16-35-12-14-36(15-13-35)30(37)23-8-5-9-24(20-23)43(39,40)34-26(29-32-25-10-2-3-11-27(25)42-29)19-21-6-4-7-22(18-21)28(31)33-38/h2-11,18,20,26,34,38H,12-17,19H2,1H3,(H2,31,33). The number of piperazine rings is 1. The number of oxime groups is 1. The number of nitrogens with one attached hydrogen (secondary N) is 1. The monoisotopic (exact) mass is 622 g/mol. The predicted octanol–water partition coefficient (Wildman–Crippen LogP) is 3.06. The number of nitrogens with two attached hydrogens (primary N) is 1. The molecule has 1 fully saturated rings. The summed E-state index contributed by atoms with van der Waals surface area (Å²) in [7, 11) is -2.40. The topological polar surface area (TPSA) is 150 Å². The number of aromatic nitrogens is 1. The van der Waals surface area contributed by atoms with Gasteiger partial charge in [-0.15, -0.1) is 11.3 Å². The molecule has 0 aliphatic carbocycles. The summed E-state index contributed by atoms with van der Waals surface area (Å²) < 4.78 is 36.5. The van der Waals surface area contributed by atoms with Crippen LogP contribution in [0.2, 0.25) is 0 Å². The number of carbonyl (C=O) groups is 1. The van der Waals surface area contributed by atoms with Gasteiger partial charge in [0.1, 0.15) is 5.01 Å². The maximum absolute atomic E-state index is 13.8. The molecular formula is C30H34N6O5S2. The number of amides is 1. The van der Waals surface area contributed by atoms with Crippen LogP contribution in [-0.2, 0) is 21.2 Å². The lowest BCUT2D eigenvalue weighted by Crippen LogP contribution is -2.49. The Labute approximate surface area is 254 Å². The van der Waals surface area contributed by atoms with Crippen LogP contribution in [-0.4, -0.2) is 86.6 Å². The molecule has 1 aromatic heterocycles. The van der Waals surface area contributed by atoms with E-state index in [4.69, 9.17) is 20.7 Å². The number of hydrogen-bond donors (Lipinski definition) is 3. The third-order valence-corrected chi connectivity index (χ3v) is 9.96. The van der Waals surface area contributed by atoms with Crippen molar-refractivity contribution in [2.75, 3.05) is 46.4 Å². The van der Waals surface area contributed by atoms with Crippen LogP contribution in [0, 0.1) is 0 Å². The molecule has 43 heavy (non-hydrogen) atoms. The molecule has 4 aromatic rings. The molecule has 1 unspecified atom stereocenters. The summed E-state index contributed by atoms with van der Waals surface area (Å²) in [6.45, 7) is 4.02. The molecule has 1 saturated heterocycles. The SMILES string of the molecule is COCCN1CCN(C(=O)c2cccc(S(=O)(=O)NC(Cc3cccc(C(N)=NO)c3)c3nc4ccccc4s3)c2)CC1. The van der Waals surface area contributed by atoms with E-state index < -0.39 is 16.1 Å². The number of para-hydroxylation sites is 1. The van der Waals surface area contributed by atoms with Crippen molar-refractivity contribution in [2.45, 2.75) is 17.4 Å². The van der Waals surface area contributed by atoms with Crippen molar-refractivity contribution in [3.63, 3.8) is 0 Å². The summed E-state index contributed by atoms with van der Waals surface area (Å²) in [5.74, 6) is -0.247. The van der Waals surface area contributed by atoms with Gasteiger partial charge in [-0.3, -0.25) is 9.69 Å². The molecule has 5 rings (SSSR count). The summed E-state index contributed by atoms with van der Waals surface area (Å²) >= 11 is 1.41. The number of benzene rings is 3. The molecule has 1 atom stereocenters. The molecule has 1 amide bonds. The normalized spacial score (nSPS) is 15.6. The van der Waals surface area contributed by atoms with E-state index in [9.17, 15) is 13.2 Å². The van der Waals surface area contributed by atoms with Crippen molar-refractivity contribution < 1.29 is 23.2 Å². The van der Waals surface area contributed by atoms with E-state index in [1.54, 1.807) is 42.3 Å². The zero-order valence-electron chi connectivity index (χ0n) is 23.7. The minimum Gasteiger partial charge on any atom is -0.409 e. The second-order valence-corrected chi connectivity index (χ2v) is 13.0. The minimum absolute atomic E-state index is 0.00593. The number of hydrogen-bond acceptors (Lipinski definition) is 9. The van der Waals surface area contributed by atoms with E-state index >= 15 is 0 Å². The molecule has 1 aliphatic rings. The average Bonchev–Trinajstić information content (AvgIpc) is 3.48. The highest BCUT2D eigenvalue weighted by atomic mass is 32.2. The van der Waals surface area contributed by atoms with Crippen LogP contribution in [0.3, 0.4) is 0 Å². The number of amidine groups is 1. The quantitative estimate of drug-likeness (QED) is 0.100. The summed E-state index contributed by atoms with van der Waals surface area (Å²) in [4.78, 5) is 22.0. The third kappa shape index (κ3) is 7.37. The molecule has 0 bridgehead atoms. The lowest BCUT2D eigenvalue weighted by molar-refractivity contribution is 0.0594. The van der Waals surface area contributed by atoms with Gasteiger partial charge >= 0.3 is 0 Å². The maximum atomic E-state index is 13.8. The molecule has 0 spiro atoms. The van der Waals surface area contributed by atoms with Crippen LogP contribution in [0.1, 0.15) is 32.5 Å². The molecule has 3 aromatic carbocycles. The van der Waals surface area contributed by atoms with Crippen LogP contribution in [0.5, 0.6) is 0 Å². The van der Waals surface area contributed by atoms with Gasteiger partial charge in [0.05, 0.1) is 27.8 Å². The summed E-state index contributed by atoms with van der Waals surface area (Å²) in [5, 5.41) is 12.8. The first-order valence-corrected chi connectivity index (χ1v) is 16.1. The Balaban J connectivity index is 1.39. The Morgan fingerprint density at radius 3 is 2.56 bits per heavy atom. The summed E-state index contributed by atoms with van der Waals surface area (Å²) in [6.07, 6.45) is 0.261. The molecule has 0 radical (unpaired) electrons. The number of methoxy groups -OCH3 is 1. The van der Waals surface area contributed by atoms with Crippen molar-refractivity contribution in [1.29, 1.82) is 0 Å².